The molecule has 0 saturated carbocycles. The quantitative estimate of drug-likeness (QED) is 0.623. The lowest BCUT2D eigenvalue weighted by molar-refractivity contribution is 0.196. The Morgan fingerprint density at radius 3 is 2.27 bits per heavy atom. The van der Waals surface area contributed by atoms with Crippen molar-refractivity contribution in [2.45, 2.75) is 32.2 Å². The minimum absolute atomic E-state index is 0.145. The minimum Gasteiger partial charge on any atom is -0.323 e. The predicted octanol–water partition coefficient (Wildman–Crippen LogP) is 1.17. The standard InChI is InChI=1S/C6H14NO3P/c1-3-6(7,4-2)5-10-11(8)9/h3-5,7H2,1-2H3/p+1. The molecule has 11 heavy (non-hydrogen) atoms. The predicted molar refractivity (Wildman–Crippen MR) is 43.3 cm³/mol. The van der Waals surface area contributed by atoms with Gasteiger partial charge in [0, 0.05) is 10.1 Å². The van der Waals surface area contributed by atoms with Crippen molar-refractivity contribution in [3.05, 3.63) is 0 Å². The lowest BCUT2D eigenvalue weighted by atomic mass is 9.96. The molecule has 0 saturated heterocycles. The van der Waals surface area contributed by atoms with Crippen LogP contribution in [-0.2, 0) is 9.09 Å². The van der Waals surface area contributed by atoms with E-state index < -0.39 is 13.8 Å². The Kier molecular flexibility index (Phi) is 4.77. The molecule has 0 aliphatic carbocycles. The van der Waals surface area contributed by atoms with Crippen LogP contribution in [0.5, 0.6) is 0 Å². The van der Waals surface area contributed by atoms with Gasteiger partial charge in [-0.15, -0.1) is 9.42 Å². The minimum atomic E-state index is -2.51. The molecule has 0 radical (unpaired) electrons. The van der Waals surface area contributed by atoms with Crippen molar-refractivity contribution in [2.75, 3.05) is 6.61 Å². The fourth-order valence-corrected chi connectivity index (χ4v) is 1.01. The summed E-state index contributed by atoms with van der Waals surface area (Å²) >= 11 is 0. The van der Waals surface area contributed by atoms with Gasteiger partial charge in [-0.2, -0.15) is 0 Å². The third-order valence-corrected chi connectivity index (χ3v) is 2.22. The molecule has 66 valence electrons. The number of hydrogen-bond donors (Lipinski definition) is 2. The van der Waals surface area contributed by atoms with Crippen molar-refractivity contribution in [1.82, 2.24) is 0 Å². The molecule has 0 aliphatic rings. The molecule has 0 amide bonds. The fourth-order valence-electron chi connectivity index (χ4n) is 0.638. The zero-order chi connectivity index (χ0) is 8.91. The molecule has 1 atom stereocenters. The molecule has 0 aromatic heterocycles. The van der Waals surface area contributed by atoms with Crippen molar-refractivity contribution in [1.29, 1.82) is 0 Å². The molecule has 4 nitrogen and oxygen atoms in total. The van der Waals surface area contributed by atoms with E-state index in [0.717, 1.165) is 12.8 Å². The van der Waals surface area contributed by atoms with Gasteiger partial charge in [-0.3, -0.25) is 0 Å². The molecule has 3 N–H and O–H groups in total. The highest BCUT2D eigenvalue weighted by Gasteiger charge is 2.26. The van der Waals surface area contributed by atoms with Gasteiger partial charge < -0.3 is 5.73 Å². The smallest absolute Gasteiger partial charge is 0.323 e. The lowest BCUT2D eigenvalue weighted by Crippen LogP contribution is -2.42. The first-order valence-electron chi connectivity index (χ1n) is 3.62. The lowest BCUT2D eigenvalue weighted by Gasteiger charge is -2.22. The summed E-state index contributed by atoms with van der Waals surface area (Å²) in [5.74, 6) is 0. The highest BCUT2D eigenvalue weighted by molar-refractivity contribution is 7.32. The average molecular weight is 180 g/mol. The number of rotatable bonds is 5. The van der Waals surface area contributed by atoms with Crippen LogP contribution in [0.2, 0.25) is 0 Å². The van der Waals surface area contributed by atoms with Crippen LogP contribution in [0, 0.1) is 0 Å². The van der Waals surface area contributed by atoms with Crippen LogP contribution < -0.4 is 5.73 Å². The summed E-state index contributed by atoms with van der Waals surface area (Å²) in [6, 6.07) is 0. The van der Waals surface area contributed by atoms with E-state index in [-0.39, 0.29) is 6.61 Å². The van der Waals surface area contributed by atoms with E-state index in [1.165, 1.54) is 0 Å². The summed E-state index contributed by atoms with van der Waals surface area (Å²) in [6.07, 6.45) is 1.49. The SMILES string of the molecule is CCC(N)(CC)CO[P+](=O)O. The normalized spacial score (nSPS) is 13.3. The third-order valence-electron chi connectivity index (χ3n) is 1.87. The van der Waals surface area contributed by atoms with Crippen LogP contribution >= 0.6 is 8.25 Å². The Morgan fingerprint density at radius 1 is 1.55 bits per heavy atom. The van der Waals surface area contributed by atoms with E-state index in [2.05, 4.69) is 4.52 Å². The molecule has 0 aliphatic heterocycles. The largest absolute Gasteiger partial charge is 0.694 e. The molecule has 0 fully saturated rings. The molecule has 0 rings (SSSR count). The first kappa shape index (κ1) is 11.0. The Hall–Kier alpha value is -0.0200. The monoisotopic (exact) mass is 180 g/mol. The number of nitrogens with two attached hydrogens (primary N) is 1. The van der Waals surface area contributed by atoms with Gasteiger partial charge in [-0.05, 0) is 12.8 Å². The zero-order valence-electron chi connectivity index (χ0n) is 6.91. The summed E-state index contributed by atoms with van der Waals surface area (Å²) in [4.78, 5) is 8.34. The van der Waals surface area contributed by atoms with E-state index >= 15 is 0 Å². The van der Waals surface area contributed by atoms with E-state index in [4.69, 9.17) is 10.6 Å². The van der Waals surface area contributed by atoms with E-state index in [1.54, 1.807) is 0 Å². The second kappa shape index (κ2) is 4.78. The molecule has 0 heterocycles. The van der Waals surface area contributed by atoms with Gasteiger partial charge in [-0.1, -0.05) is 13.8 Å². The summed E-state index contributed by atoms with van der Waals surface area (Å²) in [5.41, 5.74) is 5.33. The maximum absolute atomic E-state index is 10.1. The van der Waals surface area contributed by atoms with Gasteiger partial charge in [0.25, 0.3) is 0 Å². The summed E-state index contributed by atoms with van der Waals surface area (Å²) in [7, 11) is -2.51. The third kappa shape index (κ3) is 4.43. The van der Waals surface area contributed by atoms with Crippen molar-refractivity contribution < 1.29 is 14.0 Å². The molecule has 0 bridgehead atoms. The maximum atomic E-state index is 10.1. The molecule has 0 aromatic rings. The van der Waals surface area contributed by atoms with Gasteiger partial charge in [0.1, 0.15) is 6.61 Å². The maximum Gasteiger partial charge on any atom is 0.694 e. The molecule has 1 unspecified atom stereocenters. The van der Waals surface area contributed by atoms with E-state index in [0.29, 0.717) is 0 Å². The first-order chi connectivity index (χ1) is 5.04. The highest BCUT2D eigenvalue weighted by Crippen LogP contribution is 2.20. The van der Waals surface area contributed by atoms with E-state index in [9.17, 15) is 4.57 Å². The Bertz CT molecular complexity index is 136. The Morgan fingerprint density at radius 2 is 2.00 bits per heavy atom. The van der Waals surface area contributed by atoms with Gasteiger partial charge in [-0.25, -0.2) is 0 Å². The van der Waals surface area contributed by atoms with Crippen molar-refractivity contribution in [3.63, 3.8) is 0 Å². The molecule has 0 aromatic carbocycles. The summed E-state index contributed by atoms with van der Waals surface area (Å²) in [5, 5.41) is 0. The van der Waals surface area contributed by atoms with Crippen LogP contribution in [0.15, 0.2) is 0 Å². The van der Waals surface area contributed by atoms with Crippen LogP contribution in [0.1, 0.15) is 26.7 Å². The summed E-state index contributed by atoms with van der Waals surface area (Å²) in [6.45, 7) is 4.00. The average Bonchev–Trinajstić information content (AvgIpc) is 2.00. The van der Waals surface area contributed by atoms with Gasteiger partial charge >= 0.3 is 8.25 Å². The molecule has 0 spiro atoms. The van der Waals surface area contributed by atoms with Crippen LogP contribution in [0.3, 0.4) is 0 Å². The Balaban J connectivity index is 3.78. The second-order valence-corrected chi connectivity index (χ2v) is 3.31. The summed E-state index contributed by atoms with van der Waals surface area (Å²) < 4.78 is 14.7. The topological polar surface area (TPSA) is 72.5 Å². The van der Waals surface area contributed by atoms with Gasteiger partial charge in [0.2, 0.25) is 0 Å². The van der Waals surface area contributed by atoms with Gasteiger partial charge in [0.05, 0.1) is 0 Å². The highest BCUT2D eigenvalue weighted by atomic mass is 31.1. The molecule has 5 heteroatoms. The second-order valence-electron chi connectivity index (χ2n) is 2.58. The first-order valence-corrected chi connectivity index (χ1v) is 4.75. The molecular formula is C6H15NO3P+. The van der Waals surface area contributed by atoms with Crippen LogP contribution in [-0.4, -0.2) is 17.0 Å². The Labute approximate surface area is 67.7 Å². The fraction of sp³-hybridized carbons (Fsp3) is 1.00. The molecular weight excluding hydrogens is 165 g/mol. The number of hydrogen-bond acceptors (Lipinski definition) is 3. The van der Waals surface area contributed by atoms with Crippen molar-refractivity contribution in [3.8, 4) is 0 Å². The van der Waals surface area contributed by atoms with E-state index in [1.807, 2.05) is 13.8 Å². The van der Waals surface area contributed by atoms with Gasteiger partial charge in [0.15, 0.2) is 0 Å². The van der Waals surface area contributed by atoms with Crippen molar-refractivity contribution >= 4 is 8.25 Å². The zero-order valence-corrected chi connectivity index (χ0v) is 7.80. The van der Waals surface area contributed by atoms with Crippen molar-refractivity contribution in [2.24, 2.45) is 5.73 Å². The van der Waals surface area contributed by atoms with Crippen LogP contribution in [0.4, 0.5) is 0 Å². The van der Waals surface area contributed by atoms with Crippen LogP contribution in [0.25, 0.3) is 0 Å².